The summed E-state index contributed by atoms with van der Waals surface area (Å²) in [6.45, 7) is 8.42. The largest absolute Gasteiger partial charge is 0.321 e. The van der Waals surface area contributed by atoms with Gasteiger partial charge in [-0.1, -0.05) is 13.8 Å². The third-order valence-corrected chi connectivity index (χ3v) is 3.62. The van der Waals surface area contributed by atoms with Crippen molar-refractivity contribution in [3.05, 3.63) is 15.6 Å². The average molecular weight is 212 g/mol. The van der Waals surface area contributed by atoms with Gasteiger partial charge in [-0.3, -0.25) is 0 Å². The van der Waals surface area contributed by atoms with Crippen LogP contribution in [0.4, 0.5) is 0 Å². The molecule has 2 nitrogen and oxygen atoms in total. The minimum Gasteiger partial charge on any atom is -0.321 e. The molecule has 0 atom stereocenters. The molecule has 1 aromatic heterocycles. The maximum atomic E-state index is 6.11. The Bertz CT molecular complexity index is 297. The Morgan fingerprint density at radius 2 is 2.00 bits per heavy atom. The zero-order valence-electron chi connectivity index (χ0n) is 9.55. The molecular formula is C11H20N2S. The Morgan fingerprint density at radius 1 is 1.36 bits per heavy atom. The predicted molar refractivity (Wildman–Crippen MR) is 62.7 cm³/mol. The van der Waals surface area contributed by atoms with Crippen LogP contribution < -0.4 is 5.73 Å². The summed E-state index contributed by atoms with van der Waals surface area (Å²) < 4.78 is 0. The molecule has 1 heterocycles. The van der Waals surface area contributed by atoms with E-state index in [1.165, 1.54) is 15.6 Å². The van der Waals surface area contributed by atoms with Crippen LogP contribution in [0.2, 0.25) is 0 Å². The lowest BCUT2D eigenvalue weighted by Crippen LogP contribution is -2.28. The molecule has 0 spiro atoms. The summed E-state index contributed by atoms with van der Waals surface area (Å²) in [5, 5.41) is 1.23. The van der Waals surface area contributed by atoms with Crippen molar-refractivity contribution in [2.24, 2.45) is 5.73 Å². The number of aromatic nitrogens is 1. The molecule has 1 aromatic rings. The zero-order chi connectivity index (χ0) is 10.8. The van der Waals surface area contributed by atoms with E-state index in [9.17, 15) is 0 Å². The molecule has 14 heavy (non-hydrogen) atoms. The molecule has 0 fully saturated rings. The van der Waals surface area contributed by atoms with Crippen LogP contribution in [0.5, 0.6) is 0 Å². The van der Waals surface area contributed by atoms with Gasteiger partial charge in [0.05, 0.1) is 10.7 Å². The molecule has 2 N–H and O–H groups in total. The smallest absolute Gasteiger partial charge is 0.0931 e. The SMILES string of the molecule is CCCc1nc(CC)c(C(C)(C)N)s1. The second-order valence-electron chi connectivity index (χ2n) is 4.21. The van der Waals surface area contributed by atoms with Crippen LogP contribution in [0.25, 0.3) is 0 Å². The number of rotatable bonds is 4. The lowest BCUT2D eigenvalue weighted by Gasteiger charge is -2.17. The van der Waals surface area contributed by atoms with Gasteiger partial charge in [0.2, 0.25) is 0 Å². The van der Waals surface area contributed by atoms with Gasteiger partial charge in [-0.05, 0) is 33.1 Å². The molecule has 3 heteroatoms. The maximum absolute atomic E-state index is 6.11. The van der Waals surface area contributed by atoms with Gasteiger partial charge >= 0.3 is 0 Å². The fraction of sp³-hybridized carbons (Fsp3) is 0.727. The van der Waals surface area contributed by atoms with Crippen molar-refractivity contribution >= 4 is 11.3 Å². The Kier molecular flexibility index (Phi) is 3.67. The van der Waals surface area contributed by atoms with Crippen LogP contribution in [0, 0.1) is 0 Å². The van der Waals surface area contributed by atoms with Gasteiger partial charge in [-0.15, -0.1) is 11.3 Å². The number of hydrogen-bond donors (Lipinski definition) is 1. The Morgan fingerprint density at radius 3 is 2.36 bits per heavy atom. The second kappa shape index (κ2) is 4.41. The summed E-state index contributed by atoms with van der Waals surface area (Å²) in [5.74, 6) is 0. The van der Waals surface area contributed by atoms with E-state index in [1.54, 1.807) is 11.3 Å². The van der Waals surface area contributed by atoms with E-state index < -0.39 is 0 Å². The standard InChI is InChI=1S/C11H20N2S/c1-5-7-9-13-8(6-2)10(14-9)11(3,4)12/h5-7,12H2,1-4H3. The van der Waals surface area contributed by atoms with Gasteiger partial charge < -0.3 is 5.73 Å². The zero-order valence-corrected chi connectivity index (χ0v) is 10.4. The minimum absolute atomic E-state index is 0.241. The van der Waals surface area contributed by atoms with E-state index in [-0.39, 0.29) is 5.54 Å². The predicted octanol–water partition coefficient (Wildman–Crippen LogP) is 2.85. The molecule has 1 rings (SSSR count). The number of aryl methyl sites for hydroxylation is 2. The van der Waals surface area contributed by atoms with Crippen molar-refractivity contribution in [1.29, 1.82) is 0 Å². The number of hydrogen-bond acceptors (Lipinski definition) is 3. The fourth-order valence-corrected chi connectivity index (χ4v) is 2.73. The fourth-order valence-electron chi connectivity index (χ4n) is 1.46. The molecule has 0 radical (unpaired) electrons. The molecule has 0 saturated carbocycles. The van der Waals surface area contributed by atoms with E-state index in [0.29, 0.717) is 0 Å². The van der Waals surface area contributed by atoms with Crippen LogP contribution in [0.1, 0.15) is 49.7 Å². The van der Waals surface area contributed by atoms with Crippen molar-refractivity contribution in [2.75, 3.05) is 0 Å². The summed E-state index contributed by atoms with van der Waals surface area (Å²) in [6.07, 6.45) is 3.21. The lowest BCUT2D eigenvalue weighted by molar-refractivity contribution is 0.559. The molecule has 0 aliphatic heterocycles. The normalized spacial score (nSPS) is 12.1. The molecule has 0 bridgehead atoms. The van der Waals surface area contributed by atoms with E-state index in [2.05, 4.69) is 32.7 Å². The third-order valence-electron chi connectivity index (χ3n) is 2.13. The first-order valence-electron chi connectivity index (χ1n) is 5.27. The molecule has 0 unspecified atom stereocenters. The molecule has 0 aromatic carbocycles. The monoisotopic (exact) mass is 212 g/mol. The molecule has 0 aliphatic rings. The van der Waals surface area contributed by atoms with Crippen LogP contribution in [-0.2, 0) is 18.4 Å². The summed E-state index contributed by atoms with van der Waals surface area (Å²) in [7, 11) is 0. The molecular weight excluding hydrogens is 192 g/mol. The van der Waals surface area contributed by atoms with Gasteiger partial charge in [0.1, 0.15) is 0 Å². The maximum Gasteiger partial charge on any atom is 0.0931 e. The Balaban J connectivity index is 3.02. The van der Waals surface area contributed by atoms with Crippen molar-refractivity contribution < 1.29 is 0 Å². The van der Waals surface area contributed by atoms with E-state index in [1.807, 2.05) is 0 Å². The van der Waals surface area contributed by atoms with Crippen molar-refractivity contribution in [2.45, 2.75) is 52.5 Å². The van der Waals surface area contributed by atoms with Gasteiger partial charge in [0.15, 0.2) is 0 Å². The molecule has 0 amide bonds. The Labute approximate surface area is 90.6 Å². The summed E-state index contributed by atoms with van der Waals surface area (Å²) in [6, 6.07) is 0. The van der Waals surface area contributed by atoms with Gasteiger partial charge in [-0.2, -0.15) is 0 Å². The van der Waals surface area contributed by atoms with Crippen molar-refractivity contribution in [3.8, 4) is 0 Å². The lowest BCUT2D eigenvalue weighted by atomic mass is 10.0. The molecule has 0 saturated heterocycles. The highest BCUT2D eigenvalue weighted by atomic mass is 32.1. The first-order chi connectivity index (χ1) is 6.49. The van der Waals surface area contributed by atoms with Gasteiger partial charge in [-0.25, -0.2) is 4.98 Å². The summed E-state index contributed by atoms with van der Waals surface area (Å²) in [4.78, 5) is 5.88. The van der Waals surface area contributed by atoms with Crippen LogP contribution in [-0.4, -0.2) is 4.98 Å². The minimum atomic E-state index is -0.241. The van der Waals surface area contributed by atoms with Gasteiger partial charge in [0.25, 0.3) is 0 Å². The summed E-state index contributed by atoms with van der Waals surface area (Å²) >= 11 is 1.78. The number of thiazole rings is 1. The number of nitrogens with zero attached hydrogens (tertiary/aromatic N) is 1. The van der Waals surface area contributed by atoms with Crippen LogP contribution in [0.15, 0.2) is 0 Å². The van der Waals surface area contributed by atoms with Gasteiger partial charge in [0, 0.05) is 10.4 Å². The van der Waals surface area contributed by atoms with Crippen molar-refractivity contribution in [3.63, 3.8) is 0 Å². The first-order valence-corrected chi connectivity index (χ1v) is 6.08. The van der Waals surface area contributed by atoms with E-state index >= 15 is 0 Å². The Hall–Kier alpha value is -0.410. The molecule has 80 valence electrons. The highest BCUT2D eigenvalue weighted by Gasteiger charge is 2.22. The highest BCUT2D eigenvalue weighted by molar-refractivity contribution is 7.11. The average Bonchev–Trinajstić information content (AvgIpc) is 2.47. The molecule has 0 aliphatic carbocycles. The highest BCUT2D eigenvalue weighted by Crippen LogP contribution is 2.29. The number of nitrogens with two attached hydrogens (primary N) is 1. The topological polar surface area (TPSA) is 38.9 Å². The van der Waals surface area contributed by atoms with Crippen LogP contribution in [0.3, 0.4) is 0 Å². The van der Waals surface area contributed by atoms with E-state index in [0.717, 1.165) is 19.3 Å². The summed E-state index contributed by atoms with van der Waals surface area (Å²) in [5.41, 5.74) is 7.06. The van der Waals surface area contributed by atoms with E-state index in [4.69, 9.17) is 5.73 Å². The second-order valence-corrected chi connectivity index (χ2v) is 5.29. The van der Waals surface area contributed by atoms with Crippen LogP contribution >= 0.6 is 11.3 Å². The third kappa shape index (κ3) is 2.55. The first kappa shape index (κ1) is 11.7. The quantitative estimate of drug-likeness (QED) is 0.833. The van der Waals surface area contributed by atoms with Crippen molar-refractivity contribution in [1.82, 2.24) is 4.98 Å².